The van der Waals surface area contributed by atoms with Gasteiger partial charge in [0.2, 0.25) is 0 Å². The minimum Gasteiger partial charge on any atom is -0.748 e. The van der Waals surface area contributed by atoms with Crippen molar-refractivity contribution in [1.29, 1.82) is 0 Å². The summed E-state index contributed by atoms with van der Waals surface area (Å²) in [6.45, 7) is 1.25. The molecule has 0 rings (SSSR count). The quantitative estimate of drug-likeness (QED) is 0.317. The third kappa shape index (κ3) is 11.8. The van der Waals surface area contributed by atoms with Crippen LogP contribution in [0.1, 0.15) is 6.92 Å². The molecule has 0 radical (unpaired) electrons. The van der Waals surface area contributed by atoms with Crippen LogP contribution in [0.25, 0.3) is 0 Å². The summed E-state index contributed by atoms with van der Waals surface area (Å²) < 4.78 is 29.2. The van der Waals surface area contributed by atoms with Gasteiger partial charge in [-0.2, -0.15) is 0 Å². The molecule has 0 fully saturated rings. The standard InChI is InChI=1S/C3H8O4S.Li/c1-3(4)2-8(5,6)7;/h3-4H,2H2,1H3,(H,5,6,7);/q;+1/p-1. The van der Waals surface area contributed by atoms with Gasteiger partial charge < -0.3 is 9.66 Å². The molecule has 0 saturated heterocycles. The van der Waals surface area contributed by atoms with E-state index in [9.17, 15) is 13.0 Å². The number of hydrogen-bond donors (Lipinski definition) is 1. The molecule has 0 aromatic carbocycles. The van der Waals surface area contributed by atoms with Crippen LogP contribution >= 0.6 is 0 Å². The van der Waals surface area contributed by atoms with E-state index in [0.29, 0.717) is 0 Å². The van der Waals surface area contributed by atoms with E-state index in [0.717, 1.165) is 0 Å². The predicted octanol–water partition coefficient (Wildman–Crippen LogP) is -4.08. The van der Waals surface area contributed by atoms with E-state index < -0.39 is 22.0 Å². The van der Waals surface area contributed by atoms with E-state index in [4.69, 9.17) is 5.11 Å². The van der Waals surface area contributed by atoms with E-state index in [2.05, 4.69) is 0 Å². The minimum absolute atomic E-state index is 0. The van der Waals surface area contributed by atoms with Crippen LogP contribution in [0.3, 0.4) is 0 Å². The molecule has 1 N–H and O–H groups in total. The fourth-order valence-corrected chi connectivity index (χ4v) is 0.886. The molecule has 0 aliphatic carbocycles. The van der Waals surface area contributed by atoms with Crippen LogP contribution in [0.15, 0.2) is 0 Å². The second-order valence-electron chi connectivity index (χ2n) is 1.57. The molecular formula is C3H7LiO4S. The van der Waals surface area contributed by atoms with Gasteiger partial charge in [0.05, 0.1) is 22.0 Å². The van der Waals surface area contributed by atoms with E-state index in [1.807, 2.05) is 0 Å². The molecule has 0 saturated carbocycles. The topological polar surface area (TPSA) is 77.4 Å². The maximum Gasteiger partial charge on any atom is 1.00 e. The van der Waals surface area contributed by atoms with E-state index in [-0.39, 0.29) is 18.9 Å². The van der Waals surface area contributed by atoms with Crippen molar-refractivity contribution in [2.75, 3.05) is 5.75 Å². The van der Waals surface area contributed by atoms with E-state index >= 15 is 0 Å². The van der Waals surface area contributed by atoms with Crippen molar-refractivity contribution in [2.24, 2.45) is 0 Å². The van der Waals surface area contributed by atoms with Crippen molar-refractivity contribution in [3.8, 4) is 0 Å². The molecule has 0 aromatic rings. The Labute approximate surface area is 66.2 Å². The number of aliphatic hydroxyl groups excluding tert-OH is 1. The van der Waals surface area contributed by atoms with Crippen molar-refractivity contribution in [3.05, 3.63) is 0 Å². The van der Waals surface area contributed by atoms with Crippen molar-refractivity contribution in [2.45, 2.75) is 13.0 Å². The predicted molar refractivity (Wildman–Crippen MR) is 26.2 cm³/mol. The third-order valence-electron chi connectivity index (χ3n) is 0.445. The molecule has 0 aliphatic rings. The van der Waals surface area contributed by atoms with Crippen LogP contribution in [0.2, 0.25) is 0 Å². The summed E-state index contributed by atoms with van der Waals surface area (Å²) in [5, 5.41) is 8.31. The van der Waals surface area contributed by atoms with Gasteiger partial charge in [-0.3, -0.25) is 0 Å². The molecule has 1 unspecified atom stereocenters. The molecule has 0 aliphatic heterocycles. The van der Waals surface area contributed by atoms with Crippen LogP contribution in [0, 0.1) is 0 Å². The van der Waals surface area contributed by atoms with Gasteiger partial charge in [-0.25, -0.2) is 8.42 Å². The SMILES string of the molecule is CC(O)CS(=O)(=O)[O-].[Li+]. The second-order valence-corrected chi connectivity index (χ2v) is 3.02. The second kappa shape index (κ2) is 4.31. The van der Waals surface area contributed by atoms with Crippen molar-refractivity contribution in [1.82, 2.24) is 0 Å². The Balaban J connectivity index is 0. The van der Waals surface area contributed by atoms with Gasteiger partial charge in [0, 0.05) is 0 Å². The molecule has 6 heteroatoms. The Bertz CT molecular complexity index is 149. The van der Waals surface area contributed by atoms with Crippen LogP contribution < -0.4 is 18.9 Å². The van der Waals surface area contributed by atoms with Gasteiger partial charge >= 0.3 is 18.9 Å². The minimum atomic E-state index is -4.22. The maximum absolute atomic E-state index is 9.73. The number of rotatable bonds is 2. The number of hydrogen-bond acceptors (Lipinski definition) is 4. The Morgan fingerprint density at radius 2 is 2.00 bits per heavy atom. The molecule has 0 amide bonds. The van der Waals surface area contributed by atoms with Gasteiger partial charge in [-0.15, -0.1) is 0 Å². The summed E-state index contributed by atoms with van der Waals surface area (Å²) in [5.74, 6) is -0.701. The fourth-order valence-electron chi connectivity index (χ4n) is 0.295. The Hall–Kier alpha value is 0.467. The average molecular weight is 146 g/mol. The van der Waals surface area contributed by atoms with Crippen LogP contribution in [0.5, 0.6) is 0 Å². The first-order chi connectivity index (χ1) is 3.42. The van der Waals surface area contributed by atoms with Crippen molar-refractivity contribution >= 4 is 10.1 Å². The van der Waals surface area contributed by atoms with Gasteiger partial charge in [0.25, 0.3) is 0 Å². The average Bonchev–Trinajstić information content (AvgIpc) is 1.21. The molecule has 1 atom stereocenters. The first-order valence-corrected chi connectivity index (χ1v) is 3.61. The summed E-state index contributed by atoms with van der Waals surface area (Å²) in [7, 11) is -4.22. The zero-order valence-corrected chi connectivity index (χ0v) is 6.18. The summed E-state index contributed by atoms with van der Waals surface area (Å²) in [6.07, 6.45) is -1.06. The van der Waals surface area contributed by atoms with Gasteiger partial charge in [-0.05, 0) is 6.92 Å². The van der Waals surface area contributed by atoms with E-state index in [1.54, 1.807) is 0 Å². The Morgan fingerprint density at radius 1 is 1.67 bits per heavy atom. The first kappa shape index (κ1) is 12.2. The largest absolute Gasteiger partial charge is 1.00 e. The van der Waals surface area contributed by atoms with Gasteiger partial charge in [-0.1, -0.05) is 0 Å². The van der Waals surface area contributed by atoms with Crippen LogP contribution in [-0.4, -0.2) is 29.9 Å². The smallest absolute Gasteiger partial charge is 0.748 e. The van der Waals surface area contributed by atoms with E-state index in [1.165, 1.54) is 6.92 Å². The first-order valence-electron chi connectivity index (χ1n) is 2.03. The molecule has 0 spiro atoms. The van der Waals surface area contributed by atoms with Gasteiger partial charge in [0.1, 0.15) is 0 Å². The molecule has 0 aromatic heterocycles. The summed E-state index contributed by atoms with van der Waals surface area (Å²) in [6, 6.07) is 0. The summed E-state index contributed by atoms with van der Waals surface area (Å²) >= 11 is 0. The fraction of sp³-hybridized carbons (Fsp3) is 1.00. The van der Waals surface area contributed by atoms with Crippen molar-refractivity contribution < 1.29 is 36.9 Å². The molecule has 0 heterocycles. The Morgan fingerprint density at radius 3 is 2.00 bits per heavy atom. The zero-order chi connectivity index (χ0) is 6.78. The Kier molecular flexibility index (Phi) is 5.83. The number of aliphatic hydroxyl groups is 1. The molecule has 0 bridgehead atoms. The van der Waals surface area contributed by atoms with Crippen LogP contribution in [-0.2, 0) is 10.1 Å². The zero-order valence-electron chi connectivity index (χ0n) is 5.36. The third-order valence-corrected chi connectivity index (χ3v) is 1.34. The normalized spacial score (nSPS) is 14.1. The monoisotopic (exact) mass is 146 g/mol. The molecule has 50 valence electrons. The summed E-state index contributed by atoms with van der Waals surface area (Å²) in [4.78, 5) is 0. The molecular weight excluding hydrogens is 139 g/mol. The summed E-state index contributed by atoms with van der Waals surface area (Å²) in [5.41, 5.74) is 0. The van der Waals surface area contributed by atoms with Crippen molar-refractivity contribution in [3.63, 3.8) is 0 Å². The van der Waals surface area contributed by atoms with Gasteiger partial charge in [0.15, 0.2) is 0 Å². The molecule has 4 nitrogen and oxygen atoms in total. The van der Waals surface area contributed by atoms with Crippen LogP contribution in [0.4, 0.5) is 0 Å². The molecule has 9 heavy (non-hydrogen) atoms. The maximum atomic E-state index is 9.73.